The molecule has 6 nitrogen and oxygen atoms in total. The van der Waals surface area contributed by atoms with Gasteiger partial charge in [0.25, 0.3) is 0 Å². The predicted octanol–water partition coefficient (Wildman–Crippen LogP) is 14.2. The smallest absolute Gasteiger partial charge is 0.0744 e. The quantitative estimate of drug-likeness (QED) is 0.168. The molecule has 0 N–H and O–H groups in total. The third-order valence-electron chi connectivity index (χ3n) is 12.6. The van der Waals surface area contributed by atoms with E-state index in [9.17, 15) is 0 Å². The van der Waals surface area contributed by atoms with Crippen LogP contribution in [0.15, 0.2) is 219 Å². The van der Waals surface area contributed by atoms with Gasteiger partial charge in [-0.15, -0.1) is 0 Å². The van der Waals surface area contributed by atoms with Crippen molar-refractivity contribution in [3.05, 3.63) is 219 Å². The number of nitrogens with zero attached hydrogens (tertiary/aromatic N) is 6. The maximum Gasteiger partial charge on any atom is 0.0744 e. The summed E-state index contributed by atoms with van der Waals surface area (Å²) in [5, 5.41) is 6.99. The fourth-order valence-electron chi connectivity index (χ4n) is 10.1. The van der Waals surface area contributed by atoms with Gasteiger partial charge >= 0.3 is 0 Å². The van der Waals surface area contributed by atoms with E-state index in [2.05, 4.69) is 196 Å². The molecule has 0 unspecified atom stereocenters. The van der Waals surface area contributed by atoms with E-state index in [0.29, 0.717) is 0 Å². The van der Waals surface area contributed by atoms with E-state index in [1.807, 2.05) is 36.8 Å². The van der Waals surface area contributed by atoms with Gasteiger partial charge in [-0.25, -0.2) is 0 Å². The van der Waals surface area contributed by atoms with Gasteiger partial charge in [-0.1, -0.05) is 127 Å². The summed E-state index contributed by atoms with van der Waals surface area (Å²) in [6.07, 6.45) is 5.72. The van der Waals surface area contributed by atoms with Gasteiger partial charge in [-0.05, 0) is 72.8 Å². The first-order valence-electron chi connectivity index (χ1n) is 21.3. The van der Waals surface area contributed by atoms with E-state index in [1.54, 1.807) is 0 Å². The van der Waals surface area contributed by atoms with Crippen molar-refractivity contribution in [3.8, 4) is 50.8 Å². The number of rotatable bonds is 6. The van der Waals surface area contributed by atoms with E-state index < -0.39 is 0 Å². The van der Waals surface area contributed by atoms with Crippen molar-refractivity contribution in [2.24, 2.45) is 0 Å². The standard InChI is InChI=1S/C57H36N6/c1-7-28-46-37(19-1)38-20-2-8-29-47(38)61(46)55-52(43-25-13-16-34-58-43)56(62-48-30-9-3-21-39(48)40-22-4-10-31-49(40)62)54(45-27-15-18-36-60-45)57(53(55)44-26-14-17-35-59-44)63-50-32-11-5-23-41(50)42-24-6-12-33-51(42)63/h1-36H. The molecular formula is C57H36N6. The van der Waals surface area contributed by atoms with Crippen LogP contribution in [0.1, 0.15) is 0 Å². The van der Waals surface area contributed by atoms with Gasteiger partial charge in [0, 0.05) is 67.6 Å². The summed E-state index contributed by atoms with van der Waals surface area (Å²) in [6.45, 7) is 0. The zero-order chi connectivity index (χ0) is 41.4. The molecule has 0 aliphatic heterocycles. The SMILES string of the molecule is c1ccc(-c2c(-n3c4ccccc4c4ccccc43)c(-c3ccccn3)c(-n3c4ccccc4c4ccccc43)c(-c3ccccn3)c2-n2c3ccccc3c3ccccc32)nc1. The van der Waals surface area contributed by atoms with Crippen LogP contribution in [0.25, 0.3) is 116 Å². The van der Waals surface area contributed by atoms with Gasteiger partial charge in [-0.2, -0.15) is 0 Å². The number of fused-ring (bicyclic) bond motifs is 9. The summed E-state index contributed by atoms with van der Waals surface area (Å²) >= 11 is 0. The fraction of sp³-hybridized carbons (Fsp3) is 0. The molecule has 13 aromatic rings. The van der Waals surface area contributed by atoms with Crippen molar-refractivity contribution in [2.75, 3.05) is 0 Å². The van der Waals surface area contributed by atoms with Crippen molar-refractivity contribution in [1.82, 2.24) is 28.7 Å². The second kappa shape index (κ2) is 14.0. The molecule has 0 saturated heterocycles. The van der Waals surface area contributed by atoms with E-state index in [4.69, 9.17) is 15.0 Å². The molecule has 6 heteroatoms. The molecule has 0 aliphatic rings. The average molecular weight is 805 g/mol. The Labute approximate surface area is 362 Å². The molecule has 0 atom stereocenters. The molecule has 0 bridgehead atoms. The minimum atomic E-state index is 0.828. The first-order chi connectivity index (χ1) is 31.3. The summed E-state index contributed by atoms with van der Waals surface area (Å²) in [6, 6.07) is 71.2. The molecule has 0 radical (unpaired) electrons. The summed E-state index contributed by atoms with van der Waals surface area (Å²) in [5.74, 6) is 0. The highest BCUT2D eigenvalue weighted by atomic mass is 15.1. The van der Waals surface area contributed by atoms with Gasteiger partial charge in [-0.3, -0.25) is 15.0 Å². The lowest BCUT2D eigenvalue weighted by molar-refractivity contribution is 1.09. The molecule has 294 valence electrons. The first kappa shape index (κ1) is 35.2. The number of hydrogen-bond acceptors (Lipinski definition) is 3. The highest BCUT2D eigenvalue weighted by molar-refractivity contribution is 6.17. The highest BCUT2D eigenvalue weighted by Gasteiger charge is 2.34. The fourth-order valence-corrected chi connectivity index (χ4v) is 10.1. The number of benzene rings is 7. The Morgan fingerprint density at radius 3 is 0.635 bits per heavy atom. The topological polar surface area (TPSA) is 53.5 Å². The zero-order valence-electron chi connectivity index (χ0n) is 34.0. The number of aromatic nitrogens is 6. The average Bonchev–Trinajstić information content (AvgIpc) is 4.00. The third-order valence-corrected chi connectivity index (χ3v) is 12.6. The van der Waals surface area contributed by atoms with Crippen LogP contribution in [-0.4, -0.2) is 28.7 Å². The number of hydrogen-bond donors (Lipinski definition) is 0. The minimum Gasteiger partial charge on any atom is -0.308 e. The largest absolute Gasteiger partial charge is 0.308 e. The maximum absolute atomic E-state index is 5.30. The first-order valence-corrected chi connectivity index (χ1v) is 21.3. The zero-order valence-corrected chi connectivity index (χ0v) is 34.0. The molecule has 0 saturated carbocycles. The lowest BCUT2D eigenvalue weighted by Crippen LogP contribution is -2.14. The summed E-state index contributed by atoms with van der Waals surface area (Å²) in [4.78, 5) is 15.9. The Balaban J connectivity index is 1.42. The molecule has 0 fully saturated rings. The van der Waals surface area contributed by atoms with Crippen molar-refractivity contribution in [3.63, 3.8) is 0 Å². The van der Waals surface area contributed by atoms with Crippen LogP contribution in [0, 0.1) is 0 Å². The Bertz CT molecular complexity index is 3310. The monoisotopic (exact) mass is 804 g/mol. The Morgan fingerprint density at radius 2 is 0.429 bits per heavy atom. The van der Waals surface area contributed by atoms with Crippen LogP contribution in [0.2, 0.25) is 0 Å². The third kappa shape index (κ3) is 5.15. The second-order valence-corrected chi connectivity index (χ2v) is 15.9. The van der Waals surface area contributed by atoms with Crippen molar-refractivity contribution >= 4 is 65.4 Å². The molecule has 6 heterocycles. The molecule has 13 rings (SSSR count). The van der Waals surface area contributed by atoms with E-state index in [-0.39, 0.29) is 0 Å². The van der Waals surface area contributed by atoms with Crippen LogP contribution in [-0.2, 0) is 0 Å². The van der Waals surface area contributed by atoms with Crippen LogP contribution in [0.5, 0.6) is 0 Å². The molecule has 6 aromatic heterocycles. The van der Waals surface area contributed by atoms with Gasteiger partial charge in [0.15, 0.2) is 0 Å². The lowest BCUT2D eigenvalue weighted by Gasteiger charge is -2.29. The van der Waals surface area contributed by atoms with E-state index in [1.165, 1.54) is 0 Å². The molecule has 0 spiro atoms. The molecule has 0 aliphatic carbocycles. The van der Waals surface area contributed by atoms with Gasteiger partial charge in [0.2, 0.25) is 0 Å². The molecule has 7 aromatic carbocycles. The highest BCUT2D eigenvalue weighted by Crippen LogP contribution is 2.53. The lowest BCUT2D eigenvalue weighted by atomic mass is 9.89. The Morgan fingerprint density at radius 1 is 0.222 bits per heavy atom. The Kier molecular flexibility index (Phi) is 7.80. The van der Waals surface area contributed by atoms with Crippen LogP contribution >= 0.6 is 0 Å². The summed E-state index contributed by atoms with van der Waals surface area (Å²) in [7, 11) is 0. The second-order valence-electron chi connectivity index (χ2n) is 15.9. The van der Waals surface area contributed by atoms with Crippen LogP contribution in [0.3, 0.4) is 0 Å². The van der Waals surface area contributed by atoms with Crippen LogP contribution in [0.4, 0.5) is 0 Å². The van der Waals surface area contributed by atoms with E-state index >= 15 is 0 Å². The number of para-hydroxylation sites is 6. The summed E-state index contributed by atoms with van der Waals surface area (Å²) in [5.41, 5.74) is 14.8. The molecular weight excluding hydrogens is 769 g/mol. The number of pyridine rings is 3. The van der Waals surface area contributed by atoms with E-state index in [0.717, 1.165) is 116 Å². The van der Waals surface area contributed by atoms with Crippen molar-refractivity contribution in [1.29, 1.82) is 0 Å². The normalized spacial score (nSPS) is 11.8. The summed E-state index contributed by atoms with van der Waals surface area (Å²) < 4.78 is 7.40. The van der Waals surface area contributed by atoms with Gasteiger partial charge in [0.05, 0.1) is 67.2 Å². The maximum atomic E-state index is 5.30. The van der Waals surface area contributed by atoms with Crippen LogP contribution < -0.4 is 0 Å². The van der Waals surface area contributed by atoms with Crippen molar-refractivity contribution in [2.45, 2.75) is 0 Å². The minimum absolute atomic E-state index is 0.828. The predicted molar refractivity (Wildman–Crippen MR) is 259 cm³/mol. The molecule has 63 heavy (non-hydrogen) atoms. The van der Waals surface area contributed by atoms with Crippen molar-refractivity contribution < 1.29 is 0 Å². The molecule has 0 amide bonds. The van der Waals surface area contributed by atoms with Gasteiger partial charge in [0.1, 0.15) is 0 Å². The van der Waals surface area contributed by atoms with Gasteiger partial charge < -0.3 is 13.7 Å². The Hall–Kier alpha value is -8.61.